The normalized spacial score (nSPS) is 20.4. The van der Waals surface area contributed by atoms with Crippen LogP contribution in [-0.4, -0.2) is 56.8 Å². The second kappa shape index (κ2) is 5.40. The molecule has 0 saturated carbocycles. The number of carbonyl (C=O) groups is 1. The molecule has 7 heteroatoms. The minimum absolute atomic E-state index is 0.0687. The number of carbonyl (C=O) groups excluding carboxylic acids is 1. The Bertz CT molecular complexity index is 672. The van der Waals surface area contributed by atoms with E-state index in [2.05, 4.69) is 5.32 Å². The Morgan fingerprint density at radius 1 is 1.24 bits per heavy atom. The molecule has 3 rings (SSSR count). The summed E-state index contributed by atoms with van der Waals surface area (Å²) >= 11 is 0. The van der Waals surface area contributed by atoms with Crippen LogP contribution < -0.4 is 5.32 Å². The topological polar surface area (TPSA) is 69.7 Å². The first-order valence-electron chi connectivity index (χ1n) is 7.06. The lowest BCUT2D eigenvalue weighted by Gasteiger charge is -2.32. The van der Waals surface area contributed by atoms with Crippen LogP contribution >= 0.6 is 0 Å². The highest BCUT2D eigenvalue weighted by Gasteiger charge is 2.33. The number of likely N-dealkylation sites (N-methyl/N-ethyl adjacent to an activating group) is 1. The van der Waals surface area contributed by atoms with Crippen molar-refractivity contribution in [3.8, 4) is 0 Å². The molecule has 0 bridgehead atoms. The maximum atomic E-state index is 12.8. The van der Waals surface area contributed by atoms with Gasteiger partial charge in [0.15, 0.2) is 0 Å². The number of hydrogen-bond donors (Lipinski definition) is 1. The molecule has 1 fully saturated rings. The smallest absolute Gasteiger partial charge is 0.243 e. The first-order valence-corrected chi connectivity index (χ1v) is 8.50. The predicted octanol–water partition coefficient (Wildman–Crippen LogP) is -0.205. The Morgan fingerprint density at radius 2 is 2.05 bits per heavy atom. The summed E-state index contributed by atoms with van der Waals surface area (Å²) in [5, 5.41) is 3.24. The molecule has 21 heavy (non-hydrogen) atoms. The molecule has 1 N–H and O–H groups in total. The molecule has 1 amide bonds. The Balaban J connectivity index is 1.97. The maximum absolute atomic E-state index is 12.8. The molecule has 2 aliphatic rings. The third-order valence-electron chi connectivity index (χ3n) is 4.14. The van der Waals surface area contributed by atoms with Gasteiger partial charge in [0.05, 0.1) is 11.4 Å². The quantitative estimate of drug-likeness (QED) is 0.821. The summed E-state index contributed by atoms with van der Waals surface area (Å²) in [4.78, 5) is 13.7. The zero-order valence-electron chi connectivity index (χ0n) is 12.0. The number of piperazine rings is 1. The predicted molar refractivity (Wildman–Crippen MR) is 78.2 cm³/mol. The minimum Gasteiger partial charge on any atom is -0.343 e. The SMILES string of the molecule is CN1CCN(S(=O)(=O)c2cccc3c2CCNC3)CC1=O. The van der Waals surface area contributed by atoms with E-state index < -0.39 is 10.0 Å². The van der Waals surface area contributed by atoms with Crippen molar-refractivity contribution in [3.63, 3.8) is 0 Å². The molecule has 0 unspecified atom stereocenters. The van der Waals surface area contributed by atoms with Crippen LogP contribution in [0.3, 0.4) is 0 Å². The summed E-state index contributed by atoms with van der Waals surface area (Å²) in [6.07, 6.45) is 0.701. The van der Waals surface area contributed by atoms with Gasteiger partial charge in [0, 0.05) is 26.7 Å². The highest BCUT2D eigenvalue weighted by atomic mass is 32.2. The number of amides is 1. The van der Waals surface area contributed by atoms with Gasteiger partial charge < -0.3 is 10.2 Å². The molecule has 0 atom stereocenters. The minimum atomic E-state index is -3.60. The molecular formula is C14H19N3O3S. The number of benzene rings is 1. The summed E-state index contributed by atoms with van der Waals surface area (Å²) < 4.78 is 27.0. The van der Waals surface area contributed by atoms with Crippen molar-refractivity contribution in [2.24, 2.45) is 0 Å². The Morgan fingerprint density at radius 3 is 2.81 bits per heavy atom. The van der Waals surface area contributed by atoms with Gasteiger partial charge in [0.2, 0.25) is 15.9 Å². The molecule has 0 radical (unpaired) electrons. The summed E-state index contributed by atoms with van der Waals surface area (Å²) in [5.74, 6) is -0.156. The molecule has 6 nitrogen and oxygen atoms in total. The van der Waals surface area contributed by atoms with E-state index in [1.54, 1.807) is 24.1 Å². The third-order valence-corrected chi connectivity index (χ3v) is 6.07. The number of sulfonamides is 1. The van der Waals surface area contributed by atoms with Crippen LogP contribution in [0.4, 0.5) is 0 Å². The molecular weight excluding hydrogens is 290 g/mol. The summed E-state index contributed by atoms with van der Waals surface area (Å²) in [6.45, 7) is 2.20. The van der Waals surface area contributed by atoms with E-state index in [1.807, 2.05) is 6.07 Å². The van der Waals surface area contributed by atoms with Crippen molar-refractivity contribution in [2.75, 3.05) is 33.2 Å². The van der Waals surface area contributed by atoms with Crippen molar-refractivity contribution >= 4 is 15.9 Å². The first kappa shape index (κ1) is 14.5. The average molecular weight is 309 g/mol. The lowest BCUT2D eigenvalue weighted by atomic mass is 10.0. The zero-order valence-corrected chi connectivity index (χ0v) is 12.8. The van der Waals surface area contributed by atoms with Gasteiger partial charge >= 0.3 is 0 Å². The van der Waals surface area contributed by atoms with Gasteiger partial charge in [0.25, 0.3) is 0 Å². The van der Waals surface area contributed by atoms with Crippen LogP contribution in [0.2, 0.25) is 0 Å². The van der Waals surface area contributed by atoms with Crippen LogP contribution in [0.25, 0.3) is 0 Å². The largest absolute Gasteiger partial charge is 0.343 e. The fraction of sp³-hybridized carbons (Fsp3) is 0.500. The summed E-state index contributed by atoms with van der Waals surface area (Å²) in [7, 11) is -1.91. The number of rotatable bonds is 2. The van der Waals surface area contributed by atoms with E-state index in [4.69, 9.17) is 0 Å². The van der Waals surface area contributed by atoms with Crippen molar-refractivity contribution < 1.29 is 13.2 Å². The zero-order chi connectivity index (χ0) is 15.0. The molecule has 0 spiro atoms. The lowest BCUT2D eigenvalue weighted by Crippen LogP contribution is -2.50. The molecule has 0 aliphatic carbocycles. The van der Waals surface area contributed by atoms with Gasteiger partial charge in [0.1, 0.15) is 0 Å². The third kappa shape index (κ3) is 2.56. The second-order valence-electron chi connectivity index (χ2n) is 5.47. The van der Waals surface area contributed by atoms with E-state index in [1.165, 1.54) is 4.31 Å². The molecule has 1 aromatic carbocycles. The molecule has 2 heterocycles. The maximum Gasteiger partial charge on any atom is 0.243 e. The Hall–Kier alpha value is -1.44. The average Bonchev–Trinajstić information content (AvgIpc) is 2.49. The standard InChI is InChI=1S/C14H19N3O3S/c1-16-7-8-17(10-14(16)18)21(19,20)13-4-2-3-11-9-15-6-5-12(11)13/h2-4,15H,5-10H2,1H3. The van der Waals surface area contributed by atoms with Crippen LogP contribution in [0.5, 0.6) is 0 Å². The van der Waals surface area contributed by atoms with Gasteiger partial charge in [-0.05, 0) is 30.2 Å². The van der Waals surface area contributed by atoms with Crippen molar-refractivity contribution in [3.05, 3.63) is 29.3 Å². The Labute approximate surface area is 124 Å². The fourth-order valence-corrected chi connectivity index (χ4v) is 4.50. The van der Waals surface area contributed by atoms with Crippen molar-refractivity contribution in [2.45, 2.75) is 17.9 Å². The summed E-state index contributed by atoms with van der Waals surface area (Å²) in [5.41, 5.74) is 1.92. The number of nitrogens with zero attached hydrogens (tertiary/aromatic N) is 2. The fourth-order valence-electron chi connectivity index (χ4n) is 2.82. The highest BCUT2D eigenvalue weighted by molar-refractivity contribution is 7.89. The number of nitrogens with one attached hydrogen (secondary N) is 1. The van der Waals surface area contributed by atoms with E-state index in [-0.39, 0.29) is 12.5 Å². The first-order chi connectivity index (χ1) is 10.00. The molecule has 114 valence electrons. The van der Waals surface area contributed by atoms with E-state index in [0.29, 0.717) is 31.0 Å². The molecule has 1 saturated heterocycles. The van der Waals surface area contributed by atoms with Gasteiger partial charge in [-0.25, -0.2) is 8.42 Å². The summed E-state index contributed by atoms with van der Waals surface area (Å²) in [6, 6.07) is 5.38. The van der Waals surface area contributed by atoms with E-state index in [9.17, 15) is 13.2 Å². The van der Waals surface area contributed by atoms with Gasteiger partial charge in [-0.15, -0.1) is 0 Å². The molecule has 2 aliphatic heterocycles. The lowest BCUT2D eigenvalue weighted by molar-refractivity contribution is -0.132. The van der Waals surface area contributed by atoms with Crippen LogP contribution in [0.1, 0.15) is 11.1 Å². The monoisotopic (exact) mass is 309 g/mol. The molecule has 0 aromatic heterocycles. The van der Waals surface area contributed by atoms with Crippen LogP contribution in [0, 0.1) is 0 Å². The van der Waals surface area contributed by atoms with E-state index in [0.717, 1.165) is 17.7 Å². The highest BCUT2D eigenvalue weighted by Crippen LogP contribution is 2.26. The van der Waals surface area contributed by atoms with Crippen molar-refractivity contribution in [1.29, 1.82) is 0 Å². The van der Waals surface area contributed by atoms with Crippen molar-refractivity contribution in [1.82, 2.24) is 14.5 Å². The number of hydrogen-bond acceptors (Lipinski definition) is 4. The van der Waals surface area contributed by atoms with Crippen LogP contribution in [0.15, 0.2) is 23.1 Å². The second-order valence-corrected chi connectivity index (χ2v) is 7.38. The van der Waals surface area contributed by atoms with Gasteiger partial charge in [-0.2, -0.15) is 4.31 Å². The number of fused-ring (bicyclic) bond motifs is 1. The Kier molecular flexibility index (Phi) is 3.73. The van der Waals surface area contributed by atoms with Crippen LogP contribution in [-0.2, 0) is 27.8 Å². The van der Waals surface area contributed by atoms with E-state index >= 15 is 0 Å². The van der Waals surface area contributed by atoms with Gasteiger partial charge in [-0.3, -0.25) is 4.79 Å². The molecule has 1 aromatic rings. The van der Waals surface area contributed by atoms with Gasteiger partial charge in [-0.1, -0.05) is 12.1 Å².